The smallest absolute Gasteiger partial charge is 0.168 e. The lowest BCUT2D eigenvalue weighted by molar-refractivity contribution is 0.0993. The zero-order valence-corrected chi connectivity index (χ0v) is 9.39. The molecular formula is C11H8ClNOS. The van der Waals surface area contributed by atoms with Gasteiger partial charge in [-0.25, -0.2) is 0 Å². The summed E-state index contributed by atoms with van der Waals surface area (Å²) in [7, 11) is 0. The van der Waals surface area contributed by atoms with Gasteiger partial charge >= 0.3 is 0 Å². The third-order valence-electron chi connectivity index (χ3n) is 1.97. The van der Waals surface area contributed by atoms with Gasteiger partial charge in [0.2, 0.25) is 0 Å². The molecule has 0 saturated heterocycles. The predicted molar refractivity (Wildman–Crippen MR) is 61.6 cm³/mol. The van der Waals surface area contributed by atoms with Gasteiger partial charge in [-0.2, -0.15) is 11.3 Å². The molecule has 0 radical (unpaired) electrons. The summed E-state index contributed by atoms with van der Waals surface area (Å²) in [5, 5.41) is 4.42. The number of hydrogen-bond donors (Lipinski definition) is 0. The second-order valence-electron chi connectivity index (χ2n) is 3.12. The molecule has 0 aliphatic heterocycles. The molecule has 0 spiro atoms. The molecule has 0 N–H and O–H groups in total. The lowest BCUT2D eigenvalue weighted by atomic mass is 10.1. The number of Topliss-reactive ketones (excluding diaryl/α,β-unsaturated/α-hetero) is 1. The fraction of sp³-hybridized carbons (Fsp3) is 0.0909. The van der Waals surface area contributed by atoms with Gasteiger partial charge in [-0.3, -0.25) is 9.78 Å². The minimum Gasteiger partial charge on any atom is -0.294 e. The number of nitrogens with zero attached hydrogens (tertiary/aromatic N) is 1. The summed E-state index contributed by atoms with van der Waals surface area (Å²) in [6.45, 7) is 0. The van der Waals surface area contributed by atoms with Crippen LogP contribution in [0.2, 0.25) is 5.02 Å². The Kier molecular flexibility index (Phi) is 3.14. The molecule has 15 heavy (non-hydrogen) atoms. The highest BCUT2D eigenvalue weighted by Crippen LogP contribution is 2.13. The molecule has 0 atom stereocenters. The minimum absolute atomic E-state index is 0.0448. The Morgan fingerprint density at radius 2 is 2.33 bits per heavy atom. The first-order valence-corrected chi connectivity index (χ1v) is 5.72. The van der Waals surface area contributed by atoms with Crippen molar-refractivity contribution in [3.8, 4) is 0 Å². The number of rotatable bonds is 3. The second-order valence-corrected chi connectivity index (χ2v) is 4.34. The summed E-state index contributed by atoms with van der Waals surface area (Å²) in [4.78, 5) is 15.7. The normalized spacial score (nSPS) is 10.2. The first-order valence-electron chi connectivity index (χ1n) is 4.40. The van der Waals surface area contributed by atoms with Crippen molar-refractivity contribution in [2.75, 3.05) is 0 Å². The largest absolute Gasteiger partial charge is 0.294 e. The maximum Gasteiger partial charge on any atom is 0.168 e. The summed E-state index contributed by atoms with van der Waals surface area (Å²) in [5.41, 5.74) is 1.60. The molecule has 0 unspecified atom stereocenters. The second kappa shape index (κ2) is 4.55. The van der Waals surface area contributed by atoms with Crippen molar-refractivity contribution in [1.82, 2.24) is 4.98 Å². The van der Waals surface area contributed by atoms with E-state index in [-0.39, 0.29) is 5.78 Å². The van der Waals surface area contributed by atoms with E-state index in [1.54, 1.807) is 23.6 Å². The van der Waals surface area contributed by atoms with E-state index >= 15 is 0 Å². The fourth-order valence-electron chi connectivity index (χ4n) is 1.25. The molecule has 0 aromatic carbocycles. The zero-order chi connectivity index (χ0) is 10.7. The quantitative estimate of drug-likeness (QED) is 0.768. The van der Waals surface area contributed by atoms with Crippen molar-refractivity contribution < 1.29 is 4.79 Å². The Morgan fingerprint density at radius 1 is 1.47 bits per heavy atom. The summed E-state index contributed by atoms with van der Waals surface area (Å²) in [5.74, 6) is 0.0448. The highest BCUT2D eigenvalue weighted by atomic mass is 35.5. The van der Waals surface area contributed by atoms with Gasteiger partial charge in [0.25, 0.3) is 0 Å². The average molecular weight is 238 g/mol. The van der Waals surface area contributed by atoms with Gasteiger partial charge in [0.1, 0.15) is 0 Å². The van der Waals surface area contributed by atoms with Crippen LogP contribution in [0.1, 0.15) is 15.9 Å². The predicted octanol–water partition coefficient (Wildman–Crippen LogP) is 3.22. The molecule has 0 saturated carbocycles. The van der Waals surface area contributed by atoms with Crippen LogP contribution in [-0.2, 0) is 6.42 Å². The maximum atomic E-state index is 11.8. The topological polar surface area (TPSA) is 30.0 Å². The van der Waals surface area contributed by atoms with E-state index in [1.807, 2.05) is 16.8 Å². The molecule has 2 nitrogen and oxygen atoms in total. The lowest BCUT2D eigenvalue weighted by Gasteiger charge is -1.99. The van der Waals surface area contributed by atoms with Crippen LogP contribution < -0.4 is 0 Å². The number of aromatic nitrogens is 1. The molecule has 0 amide bonds. The molecule has 2 rings (SSSR count). The molecular weight excluding hydrogens is 230 g/mol. The molecule has 2 aromatic heterocycles. The van der Waals surface area contributed by atoms with Gasteiger partial charge in [0.05, 0.1) is 5.02 Å². The third-order valence-corrected chi connectivity index (χ3v) is 2.91. The number of thiophene rings is 1. The van der Waals surface area contributed by atoms with E-state index in [0.29, 0.717) is 17.0 Å². The Labute approximate surface area is 96.5 Å². The lowest BCUT2D eigenvalue weighted by Crippen LogP contribution is -2.03. The van der Waals surface area contributed by atoms with Crippen molar-refractivity contribution in [1.29, 1.82) is 0 Å². The van der Waals surface area contributed by atoms with Crippen molar-refractivity contribution in [3.05, 3.63) is 51.4 Å². The van der Waals surface area contributed by atoms with Crippen molar-refractivity contribution >= 4 is 28.7 Å². The summed E-state index contributed by atoms with van der Waals surface area (Å²) >= 11 is 7.34. The Balaban J connectivity index is 2.15. The molecule has 76 valence electrons. The average Bonchev–Trinajstić information content (AvgIpc) is 2.70. The van der Waals surface area contributed by atoms with Gasteiger partial charge in [0, 0.05) is 24.4 Å². The van der Waals surface area contributed by atoms with Crippen molar-refractivity contribution in [2.45, 2.75) is 6.42 Å². The Hall–Kier alpha value is -1.19. The van der Waals surface area contributed by atoms with Crippen LogP contribution in [0.5, 0.6) is 0 Å². The van der Waals surface area contributed by atoms with E-state index in [0.717, 1.165) is 5.56 Å². The van der Waals surface area contributed by atoms with Crippen molar-refractivity contribution in [2.24, 2.45) is 0 Å². The van der Waals surface area contributed by atoms with Gasteiger partial charge in [-0.1, -0.05) is 11.6 Å². The van der Waals surface area contributed by atoms with E-state index < -0.39 is 0 Å². The highest BCUT2D eigenvalue weighted by molar-refractivity contribution is 7.08. The Morgan fingerprint density at radius 3 is 3.00 bits per heavy atom. The number of carbonyl (C=O) groups excluding carboxylic acids is 1. The van der Waals surface area contributed by atoms with E-state index in [4.69, 9.17) is 11.6 Å². The molecule has 2 aromatic rings. The van der Waals surface area contributed by atoms with Crippen LogP contribution >= 0.6 is 22.9 Å². The van der Waals surface area contributed by atoms with E-state index in [2.05, 4.69) is 4.98 Å². The molecule has 2 heterocycles. The van der Waals surface area contributed by atoms with Crippen LogP contribution in [0.15, 0.2) is 35.3 Å². The summed E-state index contributed by atoms with van der Waals surface area (Å²) in [6, 6.07) is 3.59. The van der Waals surface area contributed by atoms with Gasteiger partial charge in [-0.15, -0.1) is 0 Å². The third kappa shape index (κ3) is 2.64. The number of pyridine rings is 1. The molecule has 0 aliphatic carbocycles. The van der Waals surface area contributed by atoms with Gasteiger partial charge in [-0.05, 0) is 28.5 Å². The molecule has 0 fully saturated rings. The van der Waals surface area contributed by atoms with Gasteiger partial charge < -0.3 is 0 Å². The van der Waals surface area contributed by atoms with E-state index in [9.17, 15) is 4.79 Å². The fourth-order valence-corrected chi connectivity index (χ4v) is 2.09. The number of carbonyl (C=O) groups is 1. The summed E-state index contributed by atoms with van der Waals surface area (Å²) < 4.78 is 0. The summed E-state index contributed by atoms with van der Waals surface area (Å²) in [6.07, 6.45) is 3.47. The van der Waals surface area contributed by atoms with Crippen LogP contribution in [0, 0.1) is 0 Å². The number of halogens is 1. The minimum atomic E-state index is 0.0448. The standard InChI is InChI=1S/C11H8ClNOS/c12-10-4-9(5-13-6-10)11(14)3-8-1-2-15-7-8/h1-2,4-7H,3H2. The molecule has 0 aliphatic rings. The maximum absolute atomic E-state index is 11.8. The van der Waals surface area contributed by atoms with Crippen LogP contribution in [-0.4, -0.2) is 10.8 Å². The van der Waals surface area contributed by atoms with Crippen LogP contribution in [0.3, 0.4) is 0 Å². The number of hydrogen-bond acceptors (Lipinski definition) is 3. The zero-order valence-electron chi connectivity index (χ0n) is 7.81. The Bertz CT molecular complexity index is 467. The van der Waals surface area contributed by atoms with Crippen molar-refractivity contribution in [3.63, 3.8) is 0 Å². The number of ketones is 1. The SMILES string of the molecule is O=C(Cc1ccsc1)c1cncc(Cl)c1. The van der Waals surface area contributed by atoms with Gasteiger partial charge in [0.15, 0.2) is 5.78 Å². The molecule has 0 bridgehead atoms. The van der Waals surface area contributed by atoms with Crippen LogP contribution in [0.4, 0.5) is 0 Å². The molecule has 4 heteroatoms. The van der Waals surface area contributed by atoms with E-state index in [1.165, 1.54) is 6.20 Å². The monoisotopic (exact) mass is 237 g/mol. The first-order chi connectivity index (χ1) is 7.25. The highest BCUT2D eigenvalue weighted by Gasteiger charge is 2.07. The first kappa shape index (κ1) is 10.3. The van der Waals surface area contributed by atoms with Crippen LogP contribution in [0.25, 0.3) is 0 Å².